The Morgan fingerprint density at radius 2 is 1.69 bits per heavy atom. The van der Waals surface area contributed by atoms with Crippen molar-refractivity contribution in [3.8, 4) is 0 Å². The molecule has 5 atom stereocenters. The van der Waals surface area contributed by atoms with E-state index >= 15 is 0 Å². The van der Waals surface area contributed by atoms with E-state index in [1.54, 1.807) is 0 Å². The molecule has 0 aromatic heterocycles. The van der Waals surface area contributed by atoms with Crippen LogP contribution < -0.4 is 0 Å². The minimum atomic E-state index is -1.20. The van der Waals surface area contributed by atoms with Crippen LogP contribution in [-0.4, -0.2) is 51.8 Å². The Kier molecular flexibility index (Phi) is 6.69. The molecule has 1 heterocycles. The van der Waals surface area contributed by atoms with Crippen LogP contribution in [-0.2, 0) is 16.1 Å². The molecular formula is C20H24O5S. The molecule has 3 rings (SSSR count). The first kappa shape index (κ1) is 19.4. The maximum absolute atomic E-state index is 10.5. The summed E-state index contributed by atoms with van der Waals surface area (Å²) in [6, 6.07) is 17.6. The van der Waals surface area contributed by atoms with Crippen molar-refractivity contribution in [1.82, 2.24) is 0 Å². The van der Waals surface area contributed by atoms with Crippen LogP contribution in [0, 0.1) is 6.92 Å². The Bertz CT molecular complexity index is 678. The van der Waals surface area contributed by atoms with Crippen molar-refractivity contribution in [2.75, 3.05) is 6.61 Å². The molecule has 6 heteroatoms. The van der Waals surface area contributed by atoms with E-state index in [2.05, 4.69) is 0 Å². The van der Waals surface area contributed by atoms with Crippen molar-refractivity contribution in [2.45, 2.75) is 48.3 Å². The fraction of sp³-hybridized carbons (Fsp3) is 0.400. The fourth-order valence-corrected chi connectivity index (χ4v) is 3.98. The summed E-state index contributed by atoms with van der Waals surface area (Å²) in [5, 5.41) is 30.2. The number of aliphatic hydroxyl groups is 3. The third kappa shape index (κ3) is 4.65. The van der Waals surface area contributed by atoms with Gasteiger partial charge in [0.2, 0.25) is 0 Å². The highest BCUT2D eigenvalue weighted by Gasteiger charge is 2.45. The molecule has 0 spiro atoms. The molecule has 0 bridgehead atoms. The van der Waals surface area contributed by atoms with Crippen LogP contribution in [0.5, 0.6) is 0 Å². The van der Waals surface area contributed by atoms with E-state index in [1.807, 2.05) is 61.5 Å². The third-order valence-corrected chi connectivity index (χ3v) is 5.54. The fourth-order valence-electron chi connectivity index (χ4n) is 2.85. The second-order valence-corrected chi connectivity index (χ2v) is 7.57. The summed E-state index contributed by atoms with van der Waals surface area (Å²) < 4.78 is 11.7. The van der Waals surface area contributed by atoms with Gasteiger partial charge in [0, 0.05) is 4.90 Å². The number of benzene rings is 2. The molecule has 0 amide bonds. The first-order valence-electron chi connectivity index (χ1n) is 8.60. The zero-order valence-electron chi connectivity index (χ0n) is 14.6. The Morgan fingerprint density at radius 1 is 1.00 bits per heavy atom. The van der Waals surface area contributed by atoms with Gasteiger partial charge in [-0.25, -0.2) is 0 Å². The lowest BCUT2D eigenvalue weighted by atomic mass is 10.00. The van der Waals surface area contributed by atoms with Crippen molar-refractivity contribution >= 4 is 11.8 Å². The molecule has 3 N–H and O–H groups in total. The third-order valence-electron chi connectivity index (χ3n) is 4.38. The van der Waals surface area contributed by atoms with E-state index in [9.17, 15) is 15.3 Å². The van der Waals surface area contributed by atoms with E-state index in [0.717, 1.165) is 16.0 Å². The maximum Gasteiger partial charge on any atom is 0.137 e. The molecule has 1 aliphatic heterocycles. The predicted octanol–water partition coefficient (Wildman–Crippen LogP) is 2.11. The van der Waals surface area contributed by atoms with Crippen LogP contribution in [0.1, 0.15) is 11.1 Å². The Morgan fingerprint density at radius 3 is 2.35 bits per heavy atom. The lowest BCUT2D eigenvalue weighted by Crippen LogP contribution is -2.58. The molecule has 1 aliphatic rings. The zero-order valence-corrected chi connectivity index (χ0v) is 15.4. The molecule has 0 radical (unpaired) electrons. The van der Waals surface area contributed by atoms with Crippen molar-refractivity contribution in [3.05, 3.63) is 65.7 Å². The van der Waals surface area contributed by atoms with E-state index < -0.39 is 29.9 Å². The highest BCUT2D eigenvalue weighted by molar-refractivity contribution is 7.99. The van der Waals surface area contributed by atoms with Gasteiger partial charge in [-0.05, 0) is 24.6 Å². The molecule has 5 nitrogen and oxygen atoms in total. The number of aliphatic hydroxyl groups excluding tert-OH is 3. The van der Waals surface area contributed by atoms with Gasteiger partial charge in [-0.3, -0.25) is 0 Å². The summed E-state index contributed by atoms with van der Waals surface area (Å²) in [7, 11) is 0. The molecule has 2 aromatic carbocycles. The quantitative estimate of drug-likeness (QED) is 0.717. The van der Waals surface area contributed by atoms with Crippen LogP contribution in [0.4, 0.5) is 0 Å². The average molecular weight is 376 g/mol. The summed E-state index contributed by atoms with van der Waals surface area (Å²) >= 11 is 1.41. The second kappa shape index (κ2) is 8.99. The smallest absolute Gasteiger partial charge is 0.137 e. The molecule has 0 aliphatic carbocycles. The van der Waals surface area contributed by atoms with Crippen LogP contribution in [0.2, 0.25) is 0 Å². The van der Waals surface area contributed by atoms with Gasteiger partial charge in [-0.15, -0.1) is 0 Å². The topological polar surface area (TPSA) is 79.2 Å². The van der Waals surface area contributed by atoms with E-state index in [4.69, 9.17) is 9.47 Å². The molecule has 0 saturated carbocycles. The monoisotopic (exact) mass is 376 g/mol. The summed E-state index contributed by atoms with van der Waals surface area (Å²) in [5.41, 5.74) is 1.58. The van der Waals surface area contributed by atoms with Gasteiger partial charge in [0.15, 0.2) is 0 Å². The summed E-state index contributed by atoms with van der Waals surface area (Å²) in [6.07, 6.45) is -3.91. The van der Waals surface area contributed by atoms with Crippen LogP contribution in [0.3, 0.4) is 0 Å². The Labute approximate surface area is 157 Å². The van der Waals surface area contributed by atoms with E-state index in [-0.39, 0.29) is 6.61 Å². The summed E-state index contributed by atoms with van der Waals surface area (Å²) in [4.78, 5) is 0.967. The number of ether oxygens (including phenoxy) is 2. The molecule has 2 aromatic rings. The maximum atomic E-state index is 10.5. The molecule has 1 fully saturated rings. The normalized spacial score (nSPS) is 28.8. The van der Waals surface area contributed by atoms with Gasteiger partial charge in [-0.2, -0.15) is 0 Å². The Balaban J connectivity index is 1.75. The largest absolute Gasteiger partial charge is 0.394 e. The number of hydrogen-bond acceptors (Lipinski definition) is 6. The van der Waals surface area contributed by atoms with Gasteiger partial charge in [0.25, 0.3) is 0 Å². The highest BCUT2D eigenvalue weighted by atomic mass is 32.2. The molecule has 26 heavy (non-hydrogen) atoms. The van der Waals surface area contributed by atoms with Crippen molar-refractivity contribution in [2.24, 2.45) is 0 Å². The lowest BCUT2D eigenvalue weighted by molar-refractivity contribution is -0.221. The number of thioether (sulfide) groups is 1. The standard InChI is InChI=1S/C20H24O5S/c1-13-7-9-15(10-8-13)26-20-19(18(23)17(22)16(11-21)25-20)24-12-14-5-3-2-4-6-14/h2-10,16-23H,11-12H2,1H3/t16-,17+,18+,19-,20+/m1/s1. The number of hydrogen-bond donors (Lipinski definition) is 3. The van der Waals surface area contributed by atoms with E-state index in [1.165, 1.54) is 11.8 Å². The minimum absolute atomic E-state index is 0.299. The van der Waals surface area contributed by atoms with Gasteiger partial charge >= 0.3 is 0 Å². The summed E-state index contributed by atoms with van der Waals surface area (Å²) in [5.74, 6) is 0. The number of aryl methyl sites for hydroxylation is 1. The molecule has 0 unspecified atom stereocenters. The number of rotatable bonds is 6. The SMILES string of the molecule is Cc1ccc(S[C@@H]2O[C@H](CO)[C@H](O)[C@H](O)[C@H]2OCc2ccccc2)cc1. The van der Waals surface area contributed by atoms with Crippen LogP contribution in [0.15, 0.2) is 59.5 Å². The zero-order chi connectivity index (χ0) is 18.5. The second-order valence-electron chi connectivity index (χ2n) is 6.40. The minimum Gasteiger partial charge on any atom is -0.394 e. The molecule has 140 valence electrons. The Hall–Kier alpha value is -1.41. The predicted molar refractivity (Wildman–Crippen MR) is 99.8 cm³/mol. The van der Waals surface area contributed by atoms with Gasteiger partial charge in [-0.1, -0.05) is 59.8 Å². The first-order chi connectivity index (χ1) is 12.6. The summed E-state index contributed by atoms with van der Waals surface area (Å²) in [6.45, 7) is 1.95. The highest BCUT2D eigenvalue weighted by Crippen LogP contribution is 2.35. The first-order valence-corrected chi connectivity index (χ1v) is 9.48. The average Bonchev–Trinajstić information content (AvgIpc) is 2.67. The van der Waals surface area contributed by atoms with Gasteiger partial charge in [0.05, 0.1) is 13.2 Å². The molecular weight excluding hydrogens is 352 g/mol. The van der Waals surface area contributed by atoms with Gasteiger partial charge < -0.3 is 24.8 Å². The van der Waals surface area contributed by atoms with Crippen molar-refractivity contribution in [3.63, 3.8) is 0 Å². The van der Waals surface area contributed by atoms with Crippen LogP contribution in [0.25, 0.3) is 0 Å². The lowest BCUT2D eigenvalue weighted by Gasteiger charge is -2.41. The van der Waals surface area contributed by atoms with Crippen molar-refractivity contribution in [1.29, 1.82) is 0 Å². The van der Waals surface area contributed by atoms with Crippen LogP contribution >= 0.6 is 11.8 Å². The molecule has 1 saturated heterocycles. The van der Waals surface area contributed by atoms with Gasteiger partial charge in [0.1, 0.15) is 29.9 Å². The van der Waals surface area contributed by atoms with Crippen molar-refractivity contribution < 1.29 is 24.8 Å². The van der Waals surface area contributed by atoms with E-state index in [0.29, 0.717) is 6.61 Å².